The van der Waals surface area contributed by atoms with E-state index in [1.165, 1.54) is 0 Å². The molecule has 0 unspecified atom stereocenters. The van der Waals surface area contributed by atoms with Crippen LogP contribution in [-0.4, -0.2) is 38.9 Å². The molecular weight excluding hydrogens is 198 g/mol. The third kappa shape index (κ3) is 1.82. The van der Waals surface area contributed by atoms with Crippen LogP contribution in [0.25, 0.3) is 11.2 Å². The number of hydrogen-bond donors (Lipinski definition) is 3. The summed E-state index contributed by atoms with van der Waals surface area (Å²) in [5.74, 6) is 0.641. The molecule has 0 radical (unpaired) electrons. The van der Waals surface area contributed by atoms with E-state index in [1.807, 2.05) is 19.0 Å². The largest absolute Gasteiger partial charge is 0.335 e. The van der Waals surface area contributed by atoms with Crippen molar-refractivity contribution >= 4 is 11.2 Å². The van der Waals surface area contributed by atoms with Crippen molar-refractivity contribution in [3.05, 3.63) is 26.7 Å². The fraction of sp³-hybridized carbons (Fsp3) is 0.375. The molecule has 0 spiro atoms. The van der Waals surface area contributed by atoms with Crippen LogP contribution in [0.15, 0.2) is 9.59 Å². The summed E-state index contributed by atoms with van der Waals surface area (Å²) in [6, 6.07) is 0. The van der Waals surface area contributed by atoms with Gasteiger partial charge in [0.05, 0.1) is 6.54 Å². The normalized spacial score (nSPS) is 11.4. The van der Waals surface area contributed by atoms with E-state index in [0.717, 1.165) is 0 Å². The van der Waals surface area contributed by atoms with Crippen molar-refractivity contribution < 1.29 is 0 Å². The molecule has 3 N–H and O–H groups in total. The van der Waals surface area contributed by atoms with Gasteiger partial charge in [0, 0.05) is 0 Å². The Balaban J connectivity index is 2.60. The molecule has 2 heterocycles. The lowest BCUT2D eigenvalue weighted by atomic mass is 10.5. The fourth-order valence-corrected chi connectivity index (χ4v) is 1.36. The smallest absolute Gasteiger partial charge is 0.327 e. The lowest BCUT2D eigenvalue weighted by molar-refractivity contribution is 0.392. The molecule has 0 aliphatic heterocycles. The number of fused-ring (bicyclic) bond motifs is 1. The van der Waals surface area contributed by atoms with Gasteiger partial charge in [0.2, 0.25) is 0 Å². The van der Waals surface area contributed by atoms with Gasteiger partial charge < -0.3 is 9.88 Å². The molecule has 2 aromatic heterocycles. The third-order valence-electron chi connectivity index (χ3n) is 1.90. The first kappa shape index (κ1) is 9.66. The summed E-state index contributed by atoms with van der Waals surface area (Å²) >= 11 is 0. The second-order valence-corrected chi connectivity index (χ2v) is 3.55. The van der Waals surface area contributed by atoms with E-state index >= 15 is 0 Å². The summed E-state index contributed by atoms with van der Waals surface area (Å²) in [4.78, 5) is 35.7. The molecule has 0 fully saturated rings. The number of aromatic amines is 3. The summed E-state index contributed by atoms with van der Waals surface area (Å²) in [6.07, 6.45) is 0. The molecule has 7 nitrogen and oxygen atoms in total. The van der Waals surface area contributed by atoms with Crippen LogP contribution in [0.5, 0.6) is 0 Å². The van der Waals surface area contributed by atoms with Crippen LogP contribution in [0.4, 0.5) is 0 Å². The lowest BCUT2D eigenvalue weighted by Crippen LogP contribution is -2.21. The van der Waals surface area contributed by atoms with Crippen molar-refractivity contribution in [2.24, 2.45) is 0 Å². The Bertz CT molecular complexity index is 591. The zero-order valence-corrected chi connectivity index (χ0v) is 8.42. The first-order valence-electron chi connectivity index (χ1n) is 4.42. The van der Waals surface area contributed by atoms with E-state index in [-0.39, 0.29) is 0 Å². The maximum atomic E-state index is 11.3. The van der Waals surface area contributed by atoms with Gasteiger partial charge in [-0.25, -0.2) is 9.78 Å². The van der Waals surface area contributed by atoms with Gasteiger partial charge in [-0.3, -0.25) is 14.8 Å². The molecule has 0 saturated heterocycles. The standard InChI is InChI=1S/C8H11N5O2/c1-13(2)3-4-9-5-6(10-4)11-8(15)12-7(5)14/h3H2,1-2H3,(H3,9,10,11,12,14,15). The molecule has 0 aliphatic carbocycles. The molecule has 0 bridgehead atoms. The van der Waals surface area contributed by atoms with E-state index in [0.29, 0.717) is 23.5 Å². The van der Waals surface area contributed by atoms with Crippen LogP contribution >= 0.6 is 0 Å². The number of aromatic nitrogens is 4. The van der Waals surface area contributed by atoms with Crippen molar-refractivity contribution in [3.63, 3.8) is 0 Å². The van der Waals surface area contributed by atoms with Crippen molar-refractivity contribution in [2.45, 2.75) is 6.54 Å². The molecule has 0 aliphatic rings. The van der Waals surface area contributed by atoms with Gasteiger partial charge in [-0.15, -0.1) is 0 Å². The summed E-state index contributed by atoms with van der Waals surface area (Å²) in [6.45, 7) is 0.580. The first-order valence-corrected chi connectivity index (χ1v) is 4.42. The number of H-pyrrole nitrogens is 3. The predicted molar refractivity (Wildman–Crippen MR) is 54.7 cm³/mol. The van der Waals surface area contributed by atoms with Crippen molar-refractivity contribution in [2.75, 3.05) is 14.1 Å². The Morgan fingerprint density at radius 2 is 1.93 bits per heavy atom. The molecule has 15 heavy (non-hydrogen) atoms. The van der Waals surface area contributed by atoms with Crippen LogP contribution in [-0.2, 0) is 6.54 Å². The molecular formula is C8H11N5O2. The maximum absolute atomic E-state index is 11.3. The number of rotatable bonds is 2. The highest BCUT2D eigenvalue weighted by molar-refractivity contribution is 5.68. The molecule has 2 aromatic rings. The Morgan fingerprint density at radius 1 is 1.20 bits per heavy atom. The van der Waals surface area contributed by atoms with E-state index < -0.39 is 11.2 Å². The average molecular weight is 209 g/mol. The highest BCUT2D eigenvalue weighted by Crippen LogP contribution is 2.02. The highest BCUT2D eigenvalue weighted by atomic mass is 16.2. The molecule has 0 aromatic carbocycles. The topological polar surface area (TPSA) is 97.6 Å². The van der Waals surface area contributed by atoms with Crippen molar-refractivity contribution in [1.29, 1.82) is 0 Å². The second kappa shape index (κ2) is 3.35. The van der Waals surface area contributed by atoms with Crippen LogP contribution in [0.1, 0.15) is 5.82 Å². The molecule has 0 atom stereocenters. The number of hydrogen-bond acceptors (Lipinski definition) is 4. The van der Waals surface area contributed by atoms with Gasteiger partial charge in [0.25, 0.3) is 5.56 Å². The second-order valence-electron chi connectivity index (χ2n) is 3.55. The zero-order valence-electron chi connectivity index (χ0n) is 8.42. The minimum Gasteiger partial charge on any atom is -0.335 e. The quantitative estimate of drug-likeness (QED) is 0.591. The monoisotopic (exact) mass is 209 g/mol. The summed E-state index contributed by atoms with van der Waals surface area (Å²) in [5.41, 5.74) is -0.409. The molecule has 0 amide bonds. The minimum absolute atomic E-state index is 0.292. The third-order valence-corrected chi connectivity index (χ3v) is 1.90. The lowest BCUT2D eigenvalue weighted by Gasteiger charge is -2.04. The van der Waals surface area contributed by atoms with Crippen molar-refractivity contribution in [1.82, 2.24) is 24.8 Å². The van der Waals surface area contributed by atoms with Gasteiger partial charge >= 0.3 is 5.69 Å². The van der Waals surface area contributed by atoms with Gasteiger partial charge in [-0.1, -0.05) is 0 Å². The van der Waals surface area contributed by atoms with Gasteiger partial charge in [0.1, 0.15) is 11.3 Å². The van der Waals surface area contributed by atoms with Crippen LogP contribution in [0, 0.1) is 0 Å². The summed E-state index contributed by atoms with van der Waals surface area (Å²) < 4.78 is 0. The van der Waals surface area contributed by atoms with Gasteiger partial charge in [0.15, 0.2) is 5.65 Å². The summed E-state index contributed by atoms with van der Waals surface area (Å²) in [5, 5.41) is 0. The summed E-state index contributed by atoms with van der Waals surface area (Å²) in [7, 11) is 3.78. The highest BCUT2D eigenvalue weighted by Gasteiger charge is 2.07. The van der Waals surface area contributed by atoms with E-state index in [2.05, 4.69) is 19.9 Å². The Kier molecular flexibility index (Phi) is 2.16. The van der Waals surface area contributed by atoms with Gasteiger partial charge in [-0.05, 0) is 14.1 Å². The Hall–Kier alpha value is -1.89. The van der Waals surface area contributed by atoms with Crippen LogP contribution in [0.3, 0.4) is 0 Å². The number of nitrogens with one attached hydrogen (secondary N) is 3. The fourth-order valence-electron chi connectivity index (χ4n) is 1.36. The van der Waals surface area contributed by atoms with Crippen LogP contribution < -0.4 is 11.2 Å². The average Bonchev–Trinajstić information content (AvgIpc) is 2.45. The Morgan fingerprint density at radius 3 is 2.60 bits per heavy atom. The number of nitrogens with zero attached hydrogens (tertiary/aromatic N) is 2. The number of imidazole rings is 1. The van der Waals surface area contributed by atoms with Crippen molar-refractivity contribution in [3.8, 4) is 0 Å². The Labute approximate surface area is 84.2 Å². The first-order chi connectivity index (χ1) is 7.06. The van der Waals surface area contributed by atoms with Gasteiger partial charge in [-0.2, -0.15) is 0 Å². The van der Waals surface area contributed by atoms with Crippen LogP contribution in [0.2, 0.25) is 0 Å². The zero-order chi connectivity index (χ0) is 11.0. The van der Waals surface area contributed by atoms with E-state index in [1.54, 1.807) is 0 Å². The SMILES string of the molecule is CN(C)Cc1nc2[nH]c(=O)[nH]c(=O)c2[nH]1. The molecule has 2 rings (SSSR count). The molecule has 0 saturated carbocycles. The molecule has 80 valence electrons. The van der Waals surface area contributed by atoms with E-state index in [4.69, 9.17) is 0 Å². The maximum Gasteiger partial charge on any atom is 0.327 e. The minimum atomic E-state index is -0.546. The van der Waals surface area contributed by atoms with E-state index in [9.17, 15) is 9.59 Å². The molecule has 7 heteroatoms. The predicted octanol–water partition coefficient (Wildman–Crippen LogP) is -0.999.